The van der Waals surface area contributed by atoms with Crippen molar-refractivity contribution >= 4 is 12.2 Å². The van der Waals surface area contributed by atoms with E-state index in [1.807, 2.05) is 0 Å². The molecule has 0 unspecified atom stereocenters. The van der Waals surface area contributed by atoms with E-state index in [4.69, 9.17) is 10.2 Å². The molecule has 0 saturated carbocycles. The van der Waals surface area contributed by atoms with Crippen LogP contribution in [0, 0.1) is 0 Å². The minimum atomic E-state index is -2.71. The second kappa shape index (κ2) is 5.87. The van der Waals surface area contributed by atoms with Gasteiger partial charge in [-0.05, 0) is 0 Å². The molecule has 0 radical (unpaired) electrons. The monoisotopic (exact) mass is 237 g/mol. The molecule has 16 heavy (non-hydrogen) atoms. The molecule has 0 rings (SSSR count). The molecule has 0 bridgehead atoms. The molecule has 0 fully saturated rings. The first-order chi connectivity index (χ1) is 7.29. The van der Waals surface area contributed by atoms with Gasteiger partial charge in [0.1, 0.15) is 18.3 Å². The minimum Gasteiger partial charge on any atom is -0.393 e. The van der Waals surface area contributed by atoms with Gasteiger partial charge in [-0.15, -0.1) is 0 Å². The van der Waals surface area contributed by atoms with Crippen LogP contribution in [0.2, 0.25) is 0 Å². The summed E-state index contributed by atoms with van der Waals surface area (Å²) in [6.45, 7) is -0.00546. The summed E-state index contributed by atoms with van der Waals surface area (Å²) in [6.07, 6.45) is -6.23. The fraction of sp³-hybridized carbons (Fsp3) is 0.750. The molecule has 0 aromatic carbocycles. The highest BCUT2D eigenvalue weighted by atomic mass is 16.4. The van der Waals surface area contributed by atoms with Crippen LogP contribution in [0.25, 0.3) is 0 Å². The number of aliphatic hydroxyl groups excluding tert-OH is 4. The number of carbonyl (C=O) groups is 2. The Balaban J connectivity index is 5.04. The van der Waals surface area contributed by atoms with Crippen LogP contribution in [-0.2, 0) is 9.59 Å². The molecule has 8 heteroatoms. The fourth-order valence-electron chi connectivity index (χ4n) is 1.11. The summed E-state index contributed by atoms with van der Waals surface area (Å²) < 4.78 is 0. The maximum absolute atomic E-state index is 10.8. The summed E-state index contributed by atoms with van der Waals surface area (Å²) in [7, 11) is 0. The van der Waals surface area contributed by atoms with E-state index in [-0.39, 0.29) is 6.29 Å². The van der Waals surface area contributed by atoms with Crippen molar-refractivity contribution in [3.8, 4) is 0 Å². The topological polar surface area (TPSA) is 147 Å². The number of rotatable bonds is 6. The zero-order valence-corrected chi connectivity index (χ0v) is 8.57. The average molecular weight is 237 g/mol. The Bertz CT molecular complexity index is 259. The smallest absolute Gasteiger partial charge is 0.219 e. The molecule has 8 nitrogen and oxygen atoms in total. The number of aldehydes is 1. The number of hydrogen-bond donors (Lipinski definition) is 6. The van der Waals surface area contributed by atoms with Gasteiger partial charge in [-0.1, -0.05) is 0 Å². The lowest BCUT2D eigenvalue weighted by Crippen LogP contribution is -2.67. The first-order valence-electron chi connectivity index (χ1n) is 4.41. The quantitative estimate of drug-likeness (QED) is 0.204. The maximum Gasteiger partial charge on any atom is 0.219 e. The van der Waals surface area contributed by atoms with Gasteiger partial charge in [0, 0.05) is 6.92 Å². The van der Waals surface area contributed by atoms with Gasteiger partial charge in [-0.3, -0.25) is 4.79 Å². The van der Waals surface area contributed by atoms with E-state index in [1.54, 1.807) is 5.32 Å². The molecule has 0 aromatic rings. The van der Waals surface area contributed by atoms with E-state index in [1.165, 1.54) is 0 Å². The van der Waals surface area contributed by atoms with Crippen molar-refractivity contribution in [1.82, 2.24) is 5.32 Å². The van der Waals surface area contributed by atoms with Gasteiger partial charge >= 0.3 is 0 Å². The summed E-state index contributed by atoms with van der Waals surface area (Å²) in [6, 6.07) is 0. The lowest BCUT2D eigenvalue weighted by Gasteiger charge is -2.37. The van der Waals surface area contributed by atoms with E-state index in [0.29, 0.717) is 0 Å². The third-order valence-electron chi connectivity index (χ3n) is 1.97. The highest BCUT2D eigenvalue weighted by molar-refractivity contribution is 5.74. The second-order valence-corrected chi connectivity index (χ2v) is 3.28. The minimum absolute atomic E-state index is 0.0818. The summed E-state index contributed by atoms with van der Waals surface area (Å²) in [4.78, 5) is 21.0. The standard InChI is InChI=1S/C8H15NO7/c1-4(12)9-8(16,6(14)3-11)7(15)5(13)2-10/h2,5-7,11,13-16H,3H2,1H3,(H,9,12)/t5-,6+,7+,8+/m0/s1. The summed E-state index contributed by atoms with van der Waals surface area (Å²) in [5.41, 5.74) is -2.71. The largest absolute Gasteiger partial charge is 0.393 e. The van der Waals surface area contributed by atoms with Crippen LogP contribution in [0.15, 0.2) is 0 Å². The first-order valence-corrected chi connectivity index (χ1v) is 4.41. The van der Waals surface area contributed by atoms with Gasteiger partial charge < -0.3 is 35.6 Å². The molecule has 6 N–H and O–H groups in total. The lowest BCUT2D eigenvalue weighted by molar-refractivity contribution is -0.200. The van der Waals surface area contributed by atoms with Crippen LogP contribution in [0.3, 0.4) is 0 Å². The zero-order valence-electron chi connectivity index (χ0n) is 8.57. The van der Waals surface area contributed by atoms with Crippen LogP contribution in [-0.4, -0.2) is 68.4 Å². The van der Waals surface area contributed by atoms with Crippen LogP contribution < -0.4 is 5.32 Å². The predicted molar refractivity (Wildman–Crippen MR) is 49.9 cm³/mol. The SMILES string of the molecule is CC(=O)N[C@@](O)([C@H](O)CO)[C@H](O)[C@@H](O)C=O. The molecule has 0 spiro atoms. The summed E-state index contributed by atoms with van der Waals surface area (Å²) in [5, 5.41) is 47.7. The molecule has 94 valence electrons. The number of hydrogen-bond acceptors (Lipinski definition) is 7. The van der Waals surface area contributed by atoms with Crippen LogP contribution in [0.5, 0.6) is 0 Å². The van der Waals surface area contributed by atoms with Crippen molar-refractivity contribution in [3.63, 3.8) is 0 Å². The third-order valence-corrected chi connectivity index (χ3v) is 1.97. The van der Waals surface area contributed by atoms with Crippen molar-refractivity contribution in [3.05, 3.63) is 0 Å². The van der Waals surface area contributed by atoms with Crippen molar-refractivity contribution in [1.29, 1.82) is 0 Å². The predicted octanol–water partition coefficient (Wildman–Crippen LogP) is -3.92. The maximum atomic E-state index is 10.8. The number of amides is 1. The molecule has 0 aliphatic heterocycles. The molecule has 0 aromatic heterocycles. The van der Waals surface area contributed by atoms with E-state index in [2.05, 4.69) is 0 Å². The molecule has 0 aliphatic rings. The van der Waals surface area contributed by atoms with Crippen molar-refractivity contribution < 1.29 is 35.1 Å². The molecular weight excluding hydrogens is 222 g/mol. The van der Waals surface area contributed by atoms with Crippen molar-refractivity contribution in [2.45, 2.75) is 31.0 Å². The molecule has 4 atom stereocenters. The Morgan fingerprint density at radius 1 is 1.44 bits per heavy atom. The molecule has 0 heterocycles. The van der Waals surface area contributed by atoms with Crippen molar-refractivity contribution in [2.75, 3.05) is 6.61 Å². The first kappa shape index (κ1) is 14.9. The van der Waals surface area contributed by atoms with Crippen LogP contribution >= 0.6 is 0 Å². The van der Waals surface area contributed by atoms with E-state index < -0.39 is 36.6 Å². The Morgan fingerprint density at radius 3 is 2.25 bits per heavy atom. The Labute approximate surface area is 91.1 Å². The molecule has 0 aliphatic carbocycles. The van der Waals surface area contributed by atoms with Gasteiger partial charge in [0.15, 0.2) is 12.0 Å². The highest BCUT2D eigenvalue weighted by Gasteiger charge is 2.46. The van der Waals surface area contributed by atoms with Crippen molar-refractivity contribution in [2.24, 2.45) is 0 Å². The average Bonchev–Trinajstić information content (AvgIpc) is 2.24. The van der Waals surface area contributed by atoms with Gasteiger partial charge in [-0.25, -0.2) is 0 Å². The van der Waals surface area contributed by atoms with Gasteiger partial charge in [0.2, 0.25) is 5.91 Å². The van der Waals surface area contributed by atoms with Crippen LogP contribution in [0.4, 0.5) is 0 Å². The normalized spacial score (nSPS) is 20.4. The second-order valence-electron chi connectivity index (χ2n) is 3.28. The molecule has 0 saturated heterocycles. The summed E-state index contributed by atoms with van der Waals surface area (Å²) >= 11 is 0. The molecular formula is C8H15NO7. The Kier molecular flexibility index (Phi) is 5.48. The van der Waals surface area contributed by atoms with E-state index >= 15 is 0 Å². The lowest BCUT2D eigenvalue weighted by atomic mass is 9.96. The van der Waals surface area contributed by atoms with Gasteiger partial charge in [0.05, 0.1) is 6.61 Å². The number of aliphatic hydroxyl groups is 5. The van der Waals surface area contributed by atoms with Gasteiger partial charge in [0.25, 0.3) is 0 Å². The van der Waals surface area contributed by atoms with Gasteiger partial charge in [-0.2, -0.15) is 0 Å². The highest BCUT2D eigenvalue weighted by Crippen LogP contribution is 2.15. The Morgan fingerprint density at radius 2 is 1.94 bits per heavy atom. The molecule has 1 amide bonds. The van der Waals surface area contributed by atoms with Crippen LogP contribution in [0.1, 0.15) is 6.92 Å². The number of carbonyl (C=O) groups excluding carboxylic acids is 2. The fourth-order valence-corrected chi connectivity index (χ4v) is 1.11. The zero-order chi connectivity index (χ0) is 12.9. The summed E-state index contributed by atoms with van der Waals surface area (Å²) in [5.74, 6) is -0.827. The Hall–Kier alpha value is -1.06. The van der Waals surface area contributed by atoms with E-state index in [9.17, 15) is 24.9 Å². The third kappa shape index (κ3) is 3.22. The van der Waals surface area contributed by atoms with E-state index in [0.717, 1.165) is 6.92 Å². The number of nitrogens with one attached hydrogen (secondary N) is 1.